The summed E-state index contributed by atoms with van der Waals surface area (Å²) >= 11 is 0. The summed E-state index contributed by atoms with van der Waals surface area (Å²) in [6, 6.07) is -3.43. The summed E-state index contributed by atoms with van der Waals surface area (Å²) in [7, 11) is 0. The predicted octanol–water partition coefficient (Wildman–Crippen LogP) is 3.36. The third-order valence-electron chi connectivity index (χ3n) is 6.05. The molecule has 2 N–H and O–H groups in total. The van der Waals surface area contributed by atoms with E-state index in [4.69, 9.17) is 0 Å². The van der Waals surface area contributed by atoms with Crippen LogP contribution in [0.15, 0.2) is 12.2 Å². The molecule has 0 aliphatic carbocycles. The first-order valence-corrected chi connectivity index (χ1v) is 11.4. The van der Waals surface area contributed by atoms with Gasteiger partial charge in [0, 0.05) is 25.7 Å². The maximum Gasteiger partial charge on any atom is 0.362 e. The Kier molecular flexibility index (Phi) is 14.0. The number of rotatable bonds is 18. The lowest BCUT2D eigenvalue weighted by molar-refractivity contribution is -0.974. The van der Waals surface area contributed by atoms with Gasteiger partial charge in [0.1, 0.15) is 6.04 Å². The second-order valence-electron chi connectivity index (χ2n) is 7.95. The average molecular weight is 428 g/mol. The van der Waals surface area contributed by atoms with E-state index in [0.717, 1.165) is 12.8 Å². The molecule has 0 spiro atoms. The normalized spacial score (nSPS) is 16.7. The van der Waals surface area contributed by atoms with Gasteiger partial charge >= 0.3 is 11.9 Å². The summed E-state index contributed by atoms with van der Waals surface area (Å²) in [6.07, 6.45) is 11.4. The number of carbonyl (C=O) groups excluding carboxylic acids is 1. The van der Waals surface area contributed by atoms with Crippen molar-refractivity contribution in [1.29, 1.82) is 0 Å². The highest BCUT2D eigenvalue weighted by atomic mass is 16.4. The second-order valence-corrected chi connectivity index (χ2v) is 7.95. The number of nitrogens with zero attached hydrogens (tertiary/aromatic N) is 1. The summed E-state index contributed by atoms with van der Waals surface area (Å²) in [5.41, 5.74) is 0. The lowest BCUT2D eigenvalue weighted by Crippen LogP contribution is -2.73. The maximum atomic E-state index is 12.1. The number of carboxylic acids is 3. The molecule has 0 radical (unpaired) electrons. The molecule has 0 rings (SSSR count). The highest BCUT2D eigenvalue weighted by Gasteiger charge is 2.53. The molecule has 0 aromatic carbocycles. The smallest absolute Gasteiger partial charge is 0.362 e. The van der Waals surface area contributed by atoms with Gasteiger partial charge in [0.25, 0.3) is 0 Å². The van der Waals surface area contributed by atoms with Crippen LogP contribution < -0.4 is 5.11 Å². The van der Waals surface area contributed by atoms with Crippen LogP contribution in [0.2, 0.25) is 0 Å². The summed E-state index contributed by atoms with van der Waals surface area (Å²) in [6.45, 7) is 7.31. The predicted molar refractivity (Wildman–Crippen MR) is 115 cm³/mol. The lowest BCUT2D eigenvalue weighted by Gasteiger charge is -2.51. The van der Waals surface area contributed by atoms with Crippen molar-refractivity contribution in [2.75, 3.05) is 6.54 Å². The van der Waals surface area contributed by atoms with Crippen LogP contribution in [0.1, 0.15) is 91.9 Å². The zero-order valence-corrected chi connectivity index (χ0v) is 19.1. The summed E-state index contributed by atoms with van der Waals surface area (Å²) < 4.78 is -0.499. The molecule has 30 heavy (non-hydrogen) atoms. The van der Waals surface area contributed by atoms with Crippen molar-refractivity contribution in [3.8, 4) is 0 Å². The van der Waals surface area contributed by atoms with E-state index in [1.54, 1.807) is 20.8 Å². The van der Waals surface area contributed by atoms with Gasteiger partial charge in [0.2, 0.25) is 0 Å². The van der Waals surface area contributed by atoms with Crippen LogP contribution in [0.25, 0.3) is 0 Å². The Morgan fingerprint density at radius 2 is 1.23 bits per heavy atom. The molecule has 0 heterocycles. The molecule has 0 fully saturated rings. The molecular formula is C23H41NO6. The summed E-state index contributed by atoms with van der Waals surface area (Å²) in [4.78, 5) is 36.2. The molecule has 0 aliphatic heterocycles. The number of unbranched alkanes of at least 4 members (excludes halogenated alkanes) is 5. The van der Waals surface area contributed by atoms with Crippen LogP contribution >= 0.6 is 0 Å². The molecule has 174 valence electrons. The highest BCUT2D eigenvalue weighted by Crippen LogP contribution is 2.32. The number of allylic oxidation sites excluding steroid dienone is 2. The molecular weight excluding hydrogens is 386 g/mol. The Bertz CT molecular complexity index is 505. The van der Waals surface area contributed by atoms with Crippen LogP contribution in [-0.4, -0.2) is 57.3 Å². The third kappa shape index (κ3) is 7.74. The minimum atomic E-state index is -1.39. The van der Waals surface area contributed by atoms with Crippen molar-refractivity contribution in [3.05, 3.63) is 12.2 Å². The van der Waals surface area contributed by atoms with Gasteiger partial charge in [0.15, 0.2) is 12.1 Å². The fourth-order valence-corrected chi connectivity index (χ4v) is 4.67. The second kappa shape index (κ2) is 15.0. The number of hydrogen-bond acceptors (Lipinski definition) is 4. The first-order valence-electron chi connectivity index (χ1n) is 11.4. The van der Waals surface area contributed by atoms with Crippen LogP contribution in [-0.2, 0) is 14.4 Å². The first kappa shape index (κ1) is 28.1. The molecule has 0 saturated heterocycles. The van der Waals surface area contributed by atoms with E-state index in [9.17, 15) is 29.7 Å². The Labute approximate surface area is 181 Å². The third-order valence-corrected chi connectivity index (χ3v) is 6.05. The first-order chi connectivity index (χ1) is 14.2. The van der Waals surface area contributed by atoms with Crippen molar-refractivity contribution < 1.29 is 34.2 Å². The Balaban J connectivity index is 5.73. The molecule has 0 amide bonds. The lowest BCUT2D eigenvalue weighted by atomic mass is 9.94. The van der Waals surface area contributed by atoms with Gasteiger partial charge in [-0.25, -0.2) is 9.59 Å². The van der Waals surface area contributed by atoms with Gasteiger partial charge in [0.05, 0.1) is 12.5 Å². The molecule has 0 aromatic heterocycles. The molecule has 0 aromatic rings. The monoisotopic (exact) mass is 427 g/mol. The number of quaternary nitrogens is 1. The molecule has 0 saturated carbocycles. The molecule has 7 nitrogen and oxygen atoms in total. The summed E-state index contributed by atoms with van der Waals surface area (Å²) in [5, 5.41) is 31.7. The van der Waals surface area contributed by atoms with Gasteiger partial charge in [-0.2, -0.15) is 0 Å². The van der Waals surface area contributed by atoms with Crippen LogP contribution in [0.5, 0.6) is 0 Å². The maximum absolute atomic E-state index is 12.1. The van der Waals surface area contributed by atoms with E-state index in [1.807, 2.05) is 6.08 Å². The minimum Gasteiger partial charge on any atom is -0.544 e. The zero-order chi connectivity index (χ0) is 23.2. The van der Waals surface area contributed by atoms with E-state index in [2.05, 4.69) is 13.0 Å². The molecule has 3 unspecified atom stereocenters. The Hall–Kier alpha value is -1.89. The zero-order valence-electron chi connectivity index (χ0n) is 19.1. The van der Waals surface area contributed by atoms with E-state index >= 15 is 0 Å². The van der Waals surface area contributed by atoms with Crippen LogP contribution in [0.3, 0.4) is 0 Å². The highest BCUT2D eigenvalue weighted by molar-refractivity contribution is 5.77. The molecule has 7 heteroatoms. The number of aliphatic carboxylic acids is 3. The fourth-order valence-electron chi connectivity index (χ4n) is 4.67. The van der Waals surface area contributed by atoms with E-state index < -0.39 is 40.5 Å². The van der Waals surface area contributed by atoms with Crippen molar-refractivity contribution in [2.45, 2.75) is 110 Å². The van der Waals surface area contributed by atoms with Crippen molar-refractivity contribution >= 4 is 17.9 Å². The van der Waals surface area contributed by atoms with Gasteiger partial charge in [-0.05, 0) is 19.3 Å². The van der Waals surface area contributed by atoms with E-state index in [1.165, 1.54) is 19.3 Å². The van der Waals surface area contributed by atoms with Crippen LogP contribution in [0.4, 0.5) is 0 Å². The Morgan fingerprint density at radius 1 is 0.767 bits per heavy atom. The molecule has 0 aliphatic rings. The fraction of sp³-hybridized carbons (Fsp3) is 0.783. The average Bonchev–Trinajstić information content (AvgIpc) is 2.67. The van der Waals surface area contributed by atoms with E-state index in [-0.39, 0.29) is 25.8 Å². The SMILES string of the molecule is CCCCCC/C=C/CCC[N+](C(CC)C(=O)[O-])(C(CC)C(=O)O)C(CC)C(=O)O. The largest absolute Gasteiger partial charge is 0.544 e. The quantitative estimate of drug-likeness (QED) is 0.197. The van der Waals surface area contributed by atoms with Crippen molar-refractivity contribution in [3.63, 3.8) is 0 Å². The minimum absolute atomic E-state index is 0.114. The molecule has 3 atom stereocenters. The van der Waals surface area contributed by atoms with Crippen LogP contribution in [0, 0.1) is 0 Å². The van der Waals surface area contributed by atoms with E-state index in [0.29, 0.717) is 12.8 Å². The van der Waals surface area contributed by atoms with Crippen molar-refractivity contribution in [1.82, 2.24) is 0 Å². The topological polar surface area (TPSA) is 115 Å². The molecule has 0 bridgehead atoms. The number of hydrogen-bond donors (Lipinski definition) is 2. The Morgan fingerprint density at radius 3 is 1.60 bits per heavy atom. The number of carboxylic acid groups (broad SMARTS) is 3. The number of carbonyl (C=O) groups is 3. The van der Waals surface area contributed by atoms with Gasteiger partial charge in [-0.15, -0.1) is 0 Å². The van der Waals surface area contributed by atoms with Crippen molar-refractivity contribution in [2.24, 2.45) is 0 Å². The summed E-state index contributed by atoms with van der Waals surface area (Å²) in [5.74, 6) is -3.71. The van der Waals surface area contributed by atoms with Gasteiger partial charge in [-0.3, -0.25) is 4.48 Å². The van der Waals surface area contributed by atoms with Gasteiger partial charge in [-0.1, -0.05) is 59.1 Å². The standard InChI is InChI=1S/C23H41NO6/c1-5-9-10-11-12-13-14-15-16-17-24(18(6-2)21(25)26,19(7-3)22(27)28)20(8-4)23(29)30/h13-14,18-20H,5-12,15-17H2,1-4H3,(H2-,25,26,27,28,29,30)/b14-13+. The van der Waals surface area contributed by atoms with Gasteiger partial charge < -0.3 is 20.1 Å².